The van der Waals surface area contributed by atoms with Gasteiger partial charge in [-0.3, -0.25) is 4.79 Å². The van der Waals surface area contributed by atoms with Crippen LogP contribution in [0.2, 0.25) is 0 Å². The first kappa shape index (κ1) is 14.1. The molecule has 1 atom stereocenters. The van der Waals surface area contributed by atoms with Crippen molar-refractivity contribution in [2.24, 2.45) is 5.73 Å². The number of hydrogen-bond acceptors (Lipinski definition) is 4. The molecule has 0 saturated carbocycles. The smallest absolute Gasteiger partial charge is 0.287 e. The molecule has 0 aliphatic heterocycles. The van der Waals surface area contributed by atoms with E-state index in [1.807, 2.05) is 31.2 Å². The molecular formula is C15H18N2O3. The Balaban J connectivity index is 2.02. The molecule has 5 nitrogen and oxygen atoms in total. The molecule has 0 aliphatic rings. The van der Waals surface area contributed by atoms with Crippen molar-refractivity contribution in [3.8, 4) is 5.75 Å². The Morgan fingerprint density at radius 3 is 2.55 bits per heavy atom. The largest absolute Gasteiger partial charge is 0.497 e. The van der Waals surface area contributed by atoms with Crippen LogP contribution in [0.25, 0.3) is 0 Å². The highest BCUT2D eigenvalue weighted by atomic mass is 16.5. The van der Waals surface area contributed by atoms with Gasteiger partial charge in [-0.1, -0.05) is 12.1 Å². The summed E-state index contributed by atoms with van der Waals surface area (Å²) < 4.78 is 10.4. The highest BCUT2D eigenvalue weighted by molar-refractivity contribution is 5.91. The maximum absolute atomic E-state index is 12.0. The van der Waals surface area contributed by atoms with Gasteiger partial charge in [0.25, 0.3) is 5.91 Å². The van der Waals surface area contributed by atoms with Crippen LogP contribution in [0.3, 0.4) is 0 Å². The lowest BCUT2D eigenvalue weighted by atomic mass is 10.1. The van der Waals surface area contributed by atoms with E-state index in [9.17, 15) is 4.79 Å². The highest BCUT2D eigenvalue weighted by Crippen LogP contribution is 2.18. The fourth-order valence-electron chi connectivity index (χ4n) is 1.85. The van der Waals surface area contributed by atoms with E-state index in [1.54, 1.807) is 19.2 Å². The average molecular weight is 274 g/mol. The SMILES string of the molecule is COc1ccc([C@@H](C)NC(=O)c2ccc(CN)o2)cc1. The first-order valence-corrected chi connectivity index (χ1v) is 6.37. The number of carbonyl (C=O) groups excluding carboxylic acids is 1. The number of nitrogens with one attached hydrogen (secondary N) is 1. The Hall–Kier alpha value is -2.27. The van der Waals surface area contributed by atoms with Gasteiger partial charge in [0.05, 0.1) is 19.7 Å². The second-order valence-corrected chi connectivity index (χ2v) is 4.44. The summed E-state index contributed by atoms with van der Waals surface area (Å²) >= 11 is 0. The quantitative estimate of drug-likeness (QED) is 0.876. The molecule has 0 bridgehead atoms. The van der Waals surface area contributed by atoms with Crippen LogP contribution in [-0.2, 0) is 6.54 Å². The fraction of sp³-hybridized carbons (Fsp3) is 0.267. The summed E-state index contributed by atoms with van der Waals surface area (Å²) in [5, 5.41) is 2.87. The summed E-state index contributed by atoms with van der Waals surface area (Å²) in [6.45, 7) is 2.19. The molecule has 5 heteroatoms. The van der Waals surface area contributed by atoms with Gasteiger partial charge in [0.1, 0.15) is 11.5 Å². The van der Waals surface area contributed by atoms with Gasteiger partial charge in [-0.25, -0.2) is 0 Å². The molecular weight excluding hydrogens is 256 g/mol. The Morgan fingerprint density at radius 1 is 1.30 bits per heavy atom. The molecule has 0 fully saturated rings. The minimum atomic E-state index is -0.256. The van der Waals surface area contributed by atoms with Crippen molar-refractivity contribution >= 4 is 5.91 Å². The van der Waals surface area contributed by atoms with E-state index in [0.717, 1.165) is 11.3 Å². The van der Waals surface area contributed by atoms with E-state index in [4.69, 9.17) is 14.9 Å². The molecule has 0 unspecified atom stereocenters. The van der Waals surface area contributed by atoms with E-state index in [-0.39, 0.29) is 24.3 Å². The van der Waals surface area contributed by atoms with Gasteiger partial charge in [0.15, 0.2) is 5.76 Å². The Morgan fingerprint density at radius 2 is 2.00 bits per heavy atom. The molecule has 3 N–H and O–H groups in total. The second kappa shape index (κ2) is 6.25. The van der Waals surface area contributed by atoms with Gasteiger partial charge >= 0.3 is 0 Å². The third-order valence-corrected chi connectivity index (χ3v) is 3.05. The van der Waals surface area contributed by atoms with Crippen molar-refractivity contribution in [3.05, 3.63) is 53.5 Å². The van der Waals surface area contributed by atoms with Crippen LogP contribution in [-0.4, -0.2) is 13.0 Å². The third-order valence-electron chi connectivity index (χ3n) is 3.05. The minimum Gasteiger partial charge on any atom is -0.497 e. The summed E-state index contributed by atoms with van der Waals surface area (Å²) in [4.78, 5) is 12.0. The van der Waals surface area contributed by atoms with E-state index in [2.05, 4.69) is 5.32 Å². The fourth-order valence-corrected chi connectivity index (χ4v) is 1.85. The van der Waals surface area contributed by atoms with Crippen molar-refractivity contribution in [1.82, 2.24) is 5.32 Å². The molecule has 20 heavy (non-hydrogen) atoms. The van der Waals surface area contributed by atoms with E-state index in [1.165, 1.54) is 0 Å². The molecule has 1 heterocycles. The standard InChI is InChI=1S/C15H18N2O3/c1-10(11-3-5-12(19-2)6-4-11)17-15(18)14-8-7-13(9-16)20-14/h3-8,10H,9,16H2,1-2H3,(H,17,18)/t10-/m1/s1. The zero-order valence-corrected chi connectivity index (χ0v) is 11.6. The lowest BCUT2D eigenvalue weighted by Crippen LogP contribution is -2.26. The Labute approximate surface area is 117 Å². The van der Waals surface area contributed by atoms with Gasteiger partial charge in [0, 0.05) is 0 Å². The summed E-state index contributed by atoms with van der Waals surface area (Å²) in [6.07, 6.45) is 0. The lowest BCUT2D eigenvalue weighted by Gasteiger charge is -2.13. The predicted octanol–water partition coefficient (Wildman–Crippen LogP) is 2.24. The first-order chi connectivity index (χ1) is 9.63. The highest BCUT2D eigenvalue weighted by Gasteiger charge is 2.14. The monoisotopic (exact) mass is 274 g/mol. The molecule has 0 spiro atoms. The van der Waals surface area contributed by atoms with Gasteiger partial charge in [-0.05, 0) is 36.8 Å². The predicted molar refractivity (Wildman–Crippen MR) is 75.5 cm³/mol. The summed E-state index contributed by atoms with van der Waals surface area (Å²) in [6, 6.07) is 10.7. The number of carbonyl (C=O) groups is 1. The van der Waals surface area contributed by atoms with Gasteiger partial charge in [-0.2, -0.15) is 0 Å². The number of methoxy groups -OCH3 is 1. The zero-order chi connectivity index (χ0) is 14.5. The summed E-state index contributed by atoms with van der Waals surface area (Å²) in [5.41, 5.74) is 6.44. The maximum atomic E-state index is 12.0. The molecule has 1 aromatic carbocycles. The topological polar surface area (TPSA) is 77.5 Å². The van der Waals surface area contributed by atoms with Crippen molar-refractivity contribution in [2.75, 3.05) is 7.11 Å². The Kier molecular flexibility index (Phi) is 4.42. The maximum Gasteiger partial charge on any atom is 0.287 e. The van der Waals surface area contributed by atoms with Crippen LogP contribution in [0.1, 0.15) is 34.8 Å². The number of hydrogen-bond donors (Lipinski definition) is 2. The van der Waals surface area contributed by atoms with E-state index in [0.29, 0.717) is 5.76 Å². The van der Waals surface area contributed by atoms with Gasteiger partial charge < -0.3 is 20.2 Å². The van der Waals surface area contributed by atoms with Crippen molar-refractivity contribution in [1.29, 1.82) is 0 Å². The number of rotatable bonds is 5. The molecule has 2 rings (SSSR count). The van der Waals surface area contributed by atoms with Crippen LogP contribution >= 0.6 is 0 Å². The molecule has 106 valence electrons. The number of benzene rings is 1. The van der Waals surface area contributed by atoms with Gasteiger partial charge in [-0.15, -0.1) is 0 Å². The third kappa shape index (κ3) is 3.19. The number of nitrogens with two attached hydrogens (primary N) is 1. The van der Waals surface area contributed by atoms with Crippen LogP contribution in [0.4, 0.5) is 0 Å². The van der Waals surface area contributed by atoms with Crippen LogP contribution in [0.5, 0.6) is 5.75 Å². The van der Waals surface area contributed by atoms with Gasteiger partial charge in [0.2, 0.25) is 0 Å². The normalized spacial score (nSPS) is 11.9. The molecule has 1 amide bonds. The van der Waals surface area contributed by atoms with Crippen LogP contribution < -0.4 is 15.8 Å². The van der Waals surface area contributed by atoms with Crippen LogP contribution in [0.15, 0.2) is 40.8 Å². The van der Waals surface area contributed by atoms with Crippen molar-refractivity contribution < 1.29 is 13.9 Å². The number of furan rings is 1. The molecule has 0 saturated heterocycles. The zero-order valence-electron chi connectivity index (χ0n) is 11.6. The van der Waals surface area contributed by atoms with Crippen molar-refractivity contribution in [2.45, 2.75) is 19.5 Å². The Bertz CT molecular complexity index is 575. The summed E-state index contributed by atoms with van der Waals surface area (Å²) in [7, 11) is 1.62. The van der Waals surface area contributed by atoms with Crippen LogP contribution in [0, 0.1) is 0 Å². The second-order valence-electron chi connectivity index (χ2n) is 4.44. The molecule has 0 radical (unpaired) electrons. The van der Waals surface area contributed by atoms with E-state index < -0.39 is 0 Å². The molecule has 2 aromatic rings. The van der Waals surface area contributed by atoms with Crippen molar-refractivity contribution in [3.63, 3.8) is 0 Å². The van der Waals surface area contributed by atoms with E-state index >= 15 is 0 Å². The minimum absolute atomic E-state index is 0.125. The molecule has 0 aliphatic carbocycles. The first-order valence-electron chi connectivity index (χ1n) is 6.37. The average Bonchev–Trinajstić information content (AvgIpc) is 2.96. The lowest BCUT2D eigenvalue weighted by molar-refractivity contribution is 0.0910. The molecule has 1 aromatic heterocycles. The number of amides is 1. The summed E-state index contributed by atoms with van der Waals surface area (Å²) in [5.74, 6) is 1.39. The number of ether oxygens (including phenoxy) is 1.